The molecule has 1 atom stereocenters. The summed E-state index contributed by atoms with van der Waals surface area (Å²) in [5, 5.41) is 9.53. The molecule has 0 fully saturated rings. The molecule has 0 saturated carbocycles. The zero-order valence-electron chi connectivity index (χ0n) is 15.6. The molecule has 29 heavy (non-hydrogen) atoms. The first-order chi connectivity index (χ1) is 14.2. The predicted molar refractivity (Wildman–Crippen MR) is 115 cm³/mol. The van der Waals surface area contributed by atoms with Crippen LogP contribution in [0.1, 0.15) is 36.4 Å². The smallest absolute Gasteiger partial charge is 0.227 e. The Hall–Kier alpha value is -2.57. The van der Waals surface area contributed by atoms with E-state index in [1.807, 2.05) is 59.3 Å². The molecule has 0 radical (unpaired) electrons. The van der Waals surface area contributed by atoms with Crippen LogP contribution in [0.5, 0.6) is 0 Å². The molecule has 0 amide bonds. The van der Waals surface area contributed by atoms with Crippen LogP contribution in [0, 0.1) is 0 Å². The van der Waals surface area contributed by atoms with Crippen molar-refractivity contribution in [2.24, 2.45) is 0 Å². The second-order valence-electron chi connectivity index (χ2n) is 7.15. The molecule has 0 unspecified atom stereocenters. The topological polar surface area (TPSA) is 59.8 Å². The van der Waals surface area contributed by atoms with Gasteiger partial charge in [-0.05, 0) is 30.0 Å². The third-order valence-corrected chi connectivity index (χ3v) is 6.53. The molecule has 146 valence electrons. The number of nitrogens with zero attached hydrogens (tertiary/aromatic N) is 3. The molecular formula is C22H19ClN4OS. The lowest BCUT2D eigenvalue weighted by molar-refractivity contribution is -0.116. The molecule has 0 spiro atoms. The molecule has 1 N–H and O–H groups in total. The molecule has 0 bridgehead atoms. The van der Waals surface area contributed by atoms with Crippen molar-refractivity contribution in [2.45, 2.75) is 36.2 Å². The molecule has 5 nitrogen and oxygen atoms in total. The Morgan fingerprint density at radius 1 is 1.10 bits per heavy atom. The normalized spacial score (nSPS) is 18.2. The number of benzene rings is 2. The number of hydrogen-bond donors (Lipinski definition) is 1. The van der Waals surface area contributed by atoms with Gasteiger partial charge in [0.2, 0.25) is 11.1 Å². The number of rotatable bonds is 4. The highest BCUT2D eigenvalue weighted by Crippen LogP contribution is 2.40. The summed E-state index contributed by atoms with van der Waals surface area (Å²) in [6.45, 7) is 0. The number of Topliss-reactive ketones (excluding diaryl/α,β-unsaturated/α-hetero) is 1. The number of allylic oxidation sites excluding steroid dienone is 2. The van der Waals surface area contributed by atoms with Crippen molar-refractivity contribution in [1.29, 1.82) is 0 Å². The van der Waals surface area contributed by atoms with Crippen molar-refractivity contribution in [1.82, 2.24) is 14.8 Å². The van der Waals surface area contributed by atoms with Crippen LogP contribution < -0.4 is 5.32 Å². The summed E-state index contributed by atoms with van der Waals surface area (Å²) in [6, 6.07) is 17.6. The van der Waals surface area contributed by atoms with Crippen LogP contribution in [0.15, 0.2) is 71.0 Å². The Morgan fingerprint density at radius 3 is 2.72 bits per heavy atom. The third kappa shape index (κ3) is 3.47. The Morgan fingerprint density at radius 2 is 1.90 bits per heavy atom. The molecule has 3 aromatic rings. The lowest BCUT2D eigenvalue weighted by Gasteiger charge is -2.32. The van der Waals surface area contributed by atoms with E-state index in [2.05, 4.69) is 5.32 Å². The molecule has 1 aromatic heterocycles. The fourth-order valence-electron chi connectivity index (χ4n) is 3.90. The maximum absolute atomic E-state index is 12.8. The summed E-state index contributed by atoms with van der Waals surface area (Å²) in [5.74, 6) is 1.57. The number of carbonyl (C=O) groups is 1. The van der Waals surface area contributed by atoms with Gasteiger partial charge in [0, 0.05) is 28.5 Å². The molecule has 1 aliphatic heterocycles. The van der Waals surface area contributed by atoms with Crippen LogP contribution in [0.3, 0.4) is 0 Å². The summed E-state index contributed by atoms with van der Waals surface area (Å²) >= 11 is 7.82. The van der Waals surface area contributed by atoms with Gasteiger partial charge in [-0.25, -0.2) is 4.68 Å². The molecule has 2 heterocycles. The molecule has 2 aliphatic rings. The number of halogens is 1. The highest BCUT2D eigenvalue weighted by Gasteiger charge is 2.36. The minimum absolute atomic E-state index is 0.194. The summed E-state index contributed by atoms with van der Waals surface area (Å²) in [7, 11) is 0. The largest absolute Gasteiger partial charge is 0.328 e. The van der Waals surface area contributed by atoms with Crippen molar-refractivity contribution in [3.05, 3.63) is 82.0 Å². The van der Waals surface area contributed by atoms with E-state index in [1.54, 1.807) is 11.8 Å². The number of ketones is 1. The quantitative estimate of drug-likeness (QED) is 0.582. The van der Waals surface area contributed by atoms with Crippen LogP contribution in [-0.2, 0) is 10.5 Å². The van der Waals surface area contributed by atoms with Gasteiger partial charge in [-0.2, -0.15) is 4.98 Å². The van der Waals surface area contributed by atoms with E-state index in [0.717, 1.165) is 40.3 Å². The van der Waals surface area contributed by atoms with E-state index in [4.69, 9.17) is 21.7 Å². The Labute approximate surface area is 178 Å². The van der Waals surface area contributed by atoms with Crippen molar-refractivity contribution in [2.75, 3.05) is 5.32 Å². The zero-order chi connectivity index (χ0) is 19.8. The van der Waals surface area contributed by atoms with Gasteiger partial charge < -0.3 is 5.32 Å². The fourth-order valence-corrected chi connectivity index (χ4v) is 5.01. The SMILES string of the molecule is O=C1CCCC2=C1[C@H](c1ccccc1)n1nc(SCc3ccccc3Cl)nc1N2. The summed E-state index contributed by atoms with van der Waals surface area (Å²) in [5.41, 5.74) is 3.90. The van der Waals surface area contributed by atoms with Crippen molar-refractivity contribution < 1.29 is 4.79 Å². The molecule has 0 saturated heterocycles. The zero-order valence-corrected chi connectivity index (χ0v) is 17.2. The Balaban J connectivity index is 1.50. The predicted octanol–water partition coefficient (Wildman–Crippen LogP) is 5.25. The second-order valence-corrected chi connectivity index (χ2v) is 8.50. The Bertz CT molecular complexity index is 1110. The first-order valence-corrected chi connectivity index (χ1v) is 11.0. The van der Waals surface area contributed by atoms with Crippen molar-refractivity contribution in [3.8, 4) is 0 Å². The van der Waals surface area contributed by atoms with Gasteiger partial charge >= 0.3 is 0 Å². The van der Waals surface area contributed by atoms with E-state index in [9.17, 15) is 4.79 Å². The van der Waals surface area contributed by atoms with Gasteiger partial charge in [0.15, 0.2) is 5.78 Å². The van der Waals surface area contributed by atoms with E-state index >= 15 is 0 Å². The average molecular weight is 423 g/mol. The summed E-state index contributed by atoms with van der Waals surface area (Å²) in [6.07, 6.45) is 2.32. The van der Waals surface area contributed by atoms with Gasteiger partial charge in [0.05, 0.1) is 0 Å². The summed E-state index contributed by atoms with van der Waals surface area (Å²) < 4.78 is 1.85. The lowest BCUT2D eigenvalue weighted by Crippen LogP contribution is -2.31. The Kier molecular flexibility index (Phi) is 4.89. The van der Waals surface area contributed by atoms with Crippen LogP contribution >= 0.6 is 23.4 Å². The molecule has 1 aliphatic carbocycles. The lowest BCUT2D eigenvalue weighted by atomic mass is 9.85. The maximum Gasteiger partial charge on any atom is 0.227 e. The number of fused-ring (bicyclic) bond motifs is 1. The number of carbonyl (C=O) groups excluding carboxylic acids is 1. The van der Waals surface area contributed by atoms with E-state index < -0.39 is 0 Å². The fraction of sp³-hybridized carbons (Fsp3) is 0.227. The number of anilines is 1. The van der Waals surface area contributed by atoms with Crippen LogP contribution in [0.4, 0.5) is 5.95 Å². The average Bonchev–Trinajstić information content (AvgIpc) is 3.15. The van der Waals surface area contributed by atoms with E-state index in [0.29, 0.717) is 23.3 Å². The van der Waals surface area contributed by atoms with Crippen molar-refractivity contribution >= 4 is 35.1 Å². The minimum Gasteiger partial charge on any atom is -0.328 e. The van der Waals surface area contributed by atoms with Gasteiger partial charge in [0.25, 0.3) is 0 Å². The number of hydrogen-bond acceptors (Lipinski definition) is 5. The first kappa shape index (κ1) is 18.5. The highest BCUT2D eigenvalue weighted by molar-refractivity contribution is 7.98. The molecular weight excluding hydrogens is 404 g/mol. The molecule has 7 heteroatoms. The maximum atomic E-state index is 12.8. The van der Waals surface area contributed by atoms with Gasteiger partial charge in [0.1, 0.15) is 6.04 Å². The monoisotopic (exact) mass is 422 g/mol. The van der Waals surface area contributed by atoms with Crippen LogP contribution in [-0.4, -0.2) is 20.5 Å². The molecule has 2 aromatic carbocycles. The third-order valence-electron chi connectivity index (χ3n) is 5.28. The van der Waals surface area contributed by atoms with Crippen molar-refractivity contribution in [3.63, 3.8) is 0 Å². The highest BCUT2D eigenvalue weighted by atomic mass is 35.5. The van der Waals surface area contributed by atoms with E-state index in [-0.39, 0.29) is 11.8 Å². The molecule has 5 rings (SSSR count). The van der Waals surface area contributed by atoms with Crippen LogP contribution in [0.2, 0.25) is 5.02 Å². The standard InChI is InChI=1S/C22H19ClN4OS/c23-16-10-5-4-9-15(16)13-29-22-25-21-24-17-11-6-12-18(28)19(17)20(27(21)26-22)14-7-2-1-3-8-14/h1-5,7-10,20H,6,11-13H2,(H,24,25,26)/t20-/m0/s1. The minimum atomic E-state index is -0.239. The van der Waals surface area contributed by atoms with E-state index in [1.165, 1.54) is 0 Å². The summed E-state index contributed by atoms with van der Waals surface area (Å²) in [4.78, 5) is 17.5. The first-order valence-electron chi connectivity index (χ1n) is 9.61. The number of aromatic nitrogens is 3. The number of nitrogens with one attached hydrogen (secondary N) is 1. The van der Waals surface area contributed by atoms with Gasteiger partial charge in [-0.3, -0.25) is 4.79 Å². The van der Waals surface area contributed by atoms with Gasteiger partial charge in [-0.1, -0.05) is 71.9 Å². The van der Waals surface area contributed by atoms with Crippen LogP contribution in [0.25, 0.3) is 0 Å². The van der Waals surface area contributed by atoms with Gasteiger partial charge in [-0.15, -0.1) is 5.10 Å². The number of thioether (sulfide) groups is 1. The second kappa shape index (κ2) is 7.69.